The molecule has 0 amide bonds. The predicted molar refractivity (Wildman–Crippen MR) is 57.9 cm³/mol. The Bertz CT molecular complexity index is 417. The molecule has 0 spiro atoms. The summed E-state index contributed by atoms with van der Waals surface area (Å²) >= 11 is 0. The van der Waals surface area contributed by atoms with Crippen LogP contribution in [0.5, 0.6) is 0 Å². The molecule has 92 valence electrons. The molecule has 1 saturated heterocycles. The highest BCUT2D eigenvalue weighted by Gasteiger charge is 2.21. The van der Waals surface area contributed by atoms with Crippen molar-refractivity contribution in [3.8, 4) is 0 Å². The van der Waals surface area contributed by atoms with Crippen LogP contribution in [0.2, 0.25) is 0 Å². The van der Waals surface area contributed by atoms with Gasteiger partial charge in [0.2, 0.25) is 0 Å². The fourth-order valence-electron chi connectivity index (χ4n) is 1.79. The first-order valence-corrected chi connectivity index (χ1v) is 5.48. The van der Waals surface area contributed by atoms with Crippen molar-refractivity contribution in [1.82, 2.24) is 5.32 Å². The summed E-state index contributed by atoms with van der Waals surface area (Å²) in [5, 5.41) is 3.07. The van der Waals surface area contributed by atoms with Crippen LogP contribution in [0, 0.1) is 11.6 Å². The molecule has 1 fully saturated rings. The topological polar surface area (TPSA) is 38.3 Å². The zero-order chi connectivity index (χ0) is 12.3. The van der Waals surface area contributed by atoms with Crippen molar-refractivity contribution < 1.29 is 18.3 Å². The van der Waals surface area contributed by atoms with Crippen LogP contribution < -0.4 is 5.32 Å². The van der Waals surface area contributed by atoms with Crippen LogP contribution in [0.15, 0.2) is 18.2 Å². The minimum atomic E-state index is -1.08. The average Bonchev–Trinajstić information content (AvgIpc) is 2.34. The molecule has 1 aliphatic heterocycles. The number of ketones is 1. The van der Waals surface area contributed by atoms with Gasteiger partial charge >= 0.3 is 0 Å². The van der Waals surface area contributed by atoms with Gasteiger partial charge in [-0.05, 0) is 12.1 Å². The molecule has 1 N–H and O–H groups in total. The maximum Gasteiger partial charge on any atom is 0.169 e. The summed E-state index contributed by atoms with van der Waals surface area (Å²) in [4.78, 5) is 11.8. The van der Waals surface area contributed by atoms with Gasteiger partial charge in [-0.25, -0.2) is 8.78 Å². The summed E-state index contributed by atoms with van der Waals surface area (Å²) in [6.07, 6.45) is -0.202. The second-order valence-electron chi connectivity index (χ2n) is 3.93. The summed E-state index contributed by atoms with van der Waals surface area (Å²) in [5.74, 6) is -2.52. The van der Waals surface area contributed by atoms with Gasteiger partial charge in [-0.3, -0.25) is 4.79 Å². The van der Waals surface area contributed by atoms with Crippen LogP contribution in [0.25, 0.3) is 0 Å². The van der Waals surface area contributed by atoms with Crippen molar-refractivity contribution in [3.05, 3.63) is 35.4 Å². The van der Waals surface area contributed by atoms with Crippen molar-refractivity contribution in [2.24, 2.45) is 0 Å². The van der Waals surface area contributed by atoms with Crippen LogP contribution in [0.1, 0.15) is 16.8 Å². The molecule has 0 aromatic heterocycles. The van der Waals surface area contributed by atoms with Crippen LogP contribution in [-0.2, 0) is 4.74 Å². The van der Waals surface area contributed by atoms with Crippen LogP contribution in [0.4, 0.5) is 8.78 Å². The zero-order valence-electron chi connectivity index (χ0n) is 9.21. The summed E-state index contributed by atoms with van der Waals surface area (Å²) in [7, 11) is 0. The number of hydrogen-bond donors (Lipinski definition) is 1. The number of carbonyl (C=O) groups excluding carboxylic acids is 1. The van der Waals surface area contributed by atoms with Crippen molar-refractivity contribution >= 4 is 5.78 Å². The number of halogens is 2. The molecular weight excluding hydrogens is 228 g/mol. The van der Waals surface area contributed by atoms with E-state index in [4.69, 9.17) is 4.74 Å². The van der Waals surface area contributed by atoms with E-state index in [-0.39, 0.29) is 18.1 Å². The molecule has 1 heterocycles. The average molecular weight is 241 g/mol. The van der Waals surface area contributed by atoms with E-state index in [1.54, 1.807) is 0 Å². The van der Waals surface area contributed by atoms with Gasteiger partial charge in [0.25, 0.3) is 0 Å². The molecule has 17 heavy (non-hydrogen) atoms. The van der Waals surface area contributed by atoms with E-state index in [1.807, 2.05) is 0 Å². The van der Waals surface area contributed by atoms with E-state index in [0.29, 0.717) is 13.2 Å². The van der Waals surface area contributed by atoms with Gasteiger partial charge in [-0.15, -0.1) is 0 Å². The number of benzene rings is 1. The number of carbonyl (C=O) groups is 1. The van der Waals surface area contributed by atoms with Crippen molar-refractivity contribution in [2.45, 2.75) is 12.5 Å². The number of nitrogens with one attached hydrogen (secondary N) is 1. The summed E-state index contributed by atoms with van der Waals surface area (Å²) in [6, 6.07) is 3.60. The van der Waals surface area contributed by atoms with Gasteiger partial charge in [-0.2, -0.15) is 0 Å². The first-order valence-electron chi connectivity index (χ1n) is 5.48. The van der Waals surface area contributed by atoms with E-state index in [1.165, 1.54) is 12.1 Å². The lowest BCUT2D eigenvalue weighted by atomic mass is 10.0. The molecule has 0 aliphatic carbocycles. The third-order valence-corrected chi connectivity index (χ3v) is 2.67. The second kappa shape index (κ2) is 5.33. The lowest BCUT2D eigenvalue weighted by Crippen LogP contribution is -2.39. The molecule has 0 bridgehead atoms. The van der Waals surface area contributed by atoms with Crippen molar-refractivity contribution in [3.63, 3.8) is 0 Å². The van der Waals surface area contributed by atoms with E-state index in [9.17, 15) is 13.6 Å². The summed E-state index contributed by atoms with van der Waals surface area (Å²) in [5.41, 5.74) is -0.209. The third kappa shape index (κ3) is 2.87. The standard InChI is InChI=1S/C12H13F2NO2/c13-10-3-1-2-9(12(10)14)11(16)6-8-7-15-4-5-17-8/h1-3,8,15H,4-7H2. The third-order valence-electron chi connectivity index (χ3n) is 2.67. The smallest absolute Gasteiger partial charge is 0.169 e. The molecule has 1 atom stereocenters. The lowest BCUT2D eigenvalue weighted by molar-refractivity contribution is 0.0239. The highest BCUT2D eigenvalue weighted by molar-refractivity contribution is 5.96. The molecule has 1 aromatic carbocycles. The number of morpholine rings is 1. The Morgan fingerprint density at radius 3 is 3.00 bits per heavy atom. The number of Topliss-reactive ketones (excluding diaryl/α,β-unsaturated/α-hetero) is 1. The van der Waals surface area contributed by atoms with Crippen LogP contribution in [-0.4, -0.2) is 31.6 Å². The van der Waals surface area contributed by atoms with E-state index in [2.05, 4.69) is 5.32 Å². The normalized spacial score (nSPS) is 20.2. The highest BCUT2D eigenvalue weighted by atomic mass is 19.2. The molecule has 2 rings (SSSR count). The Hall–Kier alpha value is -1.33. The van der Waals surface area contributed by atoms with Crippen LogP contribution >= 0.6 is 0 Å². The van der Waals surface area contributed by atoms with E-state index < -0.39 is 17.4 Å². The Balaban J connectivity index is 2.06. The minimum absolute atomic E-state index is 0.0629. The molecule has 1 unspecified atom stereocenters. The molecule has 1 aliphatic rings. The van der Waals surface area contributed by atoms with E-state index >= 15 is 0 Å². The number of rotatable bonds is 3. The number of hydrogen-bond acceptors (Lipinski definition) is 3. The molecule has 1 aromatic rings. The molecule has 3 nitrogen and oxygen atoms in total. The highest BCUT2D eigenvalue weighted by Crippen LogP contribution is 2.15. The Morgan fingerprint density at radius 2 is 2.29 bits per heavy atom. The van der Waals surface area contributed by atoms with Gasteiger partial charge in [-0.1, -0.05) is 6.07 Å². The van der Waals surface area contributed by atoms with Crippen LogP contribution in [0.3, 0.4) is 0 Å². The molecule has 5 heteroatoms. The first kappa shape index (κ1) is 12.1. The molecule has 0 saturated carbocycles. The summed E-state index contributed by atoms with van der Waals surface area (Å²) in [6.45, 7) is 1.84. The number of ether oxygens (including phenoxy) is 1. The predicted octanol–water partition coefficient (Wildman–Crippen LogP) is 1.53. The minimum Gasteiger partial charge on any atom is -0.375 e. The van der Waals surface area contributed by atoms with Gasteiger partial charge in [0.1, 0.15) is 0 Å². The largest absolute Gasteiger partial charge is 0.375 e. The monoisotopic (exact) mass is 241 g/mol. The van der Waals surface area contributed by atoms with Crippen molar-refractivity contribution in [1.29, 1.82) is 0 Å². The first-order chi connectivity index (χ1) is 8.18. The SMILES string of the molecule is O=C(CC1CNCCO1)c1cccc(F)c1F. The fraction of sp³-hybridized carbons (Fsp3) is 0.417. The van der Waals surface area contributed by atoms with Gasteiger partial charge in [0.05, 0.1) is 18.3 Å². The second-order valence-corrected chi connectivity index (χ2v) is 3.93. The van der Waals surface area contributed by atoms with Gasteiger partial charge in [0.15, 0.2) is 17.4 Å². The van der Waals surface area contributed by atoms with Gasteiger partial charge < -0.3 is 10.1 Å². The zero-order valence-corrected chi connectivity index (χ0v) is 9.21. The quantitative estimate of drug-likeness (QED) is 0.815. The maximum absolute atomic E-state index is 13.4. The van der Waals surface area contributed by atoms with Crippen molar-refractivity contribution in [2.75, 3.05) is 19.7 Å². The summed E-state index contributed by atoms with van der Waals surface area (Å²) < 4.78 is 31.6. The van der Waals surface area contributed by atoms with E-state index in [0.717, 1.165) is 12.6 Å². The Kier molecular flexibility index (Phi) is 3.81. The maximum atomic E-state index is 13.4. The fourth-order valence-corrected chi connectivity index (χ4v) is 1.79. The molecular formula is C12H13F2NO2. The van der Waals surface area contributed by atoms with Gasteiger partial charge in [0, 0.05) is 19.5 Å². The Labute approximate surface area is 97.8 Å². The lowest BCUT2D eigenvalue weighted by Gasteiger charge is -2.22. The molecule has 0 radical (unpaired) electrons. The Morgan fingerprint density at radius 1 is 1.47 bits per heavy atom.